The smallest absolute Gasteiger partial charge is 0.265 e. The number of aromatic amines is 1. The number of carbonyl (C=O) groups excluding carboxylic acids is 1. The molecule has 4 N–H and O–H groups in total. The highest BCUT2D eigenvalue weighted by Gasteiger charge is 2.28. The van der Waals surface area contributed by atoms with Gasteiger partial charge < -0.3 is 30.0 Å². The number of carbonyl (C=O) groups is 1. The highest BCUT2D eigenvalue weighted by Crippen LogP contribution is 2.38. The number of phenolic OH excluding ortho intramolecular Hbond substituents is 1. The zero-order chi connectivity index (χ0) is 26.2. The summed E-state index contributed by atoms with van der Waals surface area (Å²) in [7, 11) is 0. The van der Waals surface area contributed by atoms with E-state index in [2.05, 4.69) is 15.3 Å². The van der Waals surface area contributed by atoms with E-state index in [1.165, 1.54) is 4.40 Å². The summed E-state index contributed by atoms with van der Waals surface area (Å²) in [6.45, 7) is 0.428. The average Bonchev–Trinajstić information content (AvgIpc) is 3.54. The molecule has 38 heavy (non-hydrogen) atoms. The van der Waals surface area contributed by atoms with E-state index in [1.54, 1.807) is 60.8 Å². The number of pyridine rings is 1. The molecule has 0 saturated heterocycles. The standard InChI is InChI=1S/C28H24N4O6/c33-18-5-6-21-19(12-18)17(14-30-21)8-9-29-25(34)13-20(16-4-7-22-23(11-16)38-15-37-22)26-27(35)31-24-3-1-2-10-32(24)28(26)36/h1-7,10-12,14,20,30,33,35H,8-9,13,15H2,(H,29,34). The van der Waals surface area contributed by atoms with E-state index < -0.39 is 17.4 Å². The second-order valence-corrected chi connectivity index (χ2v) is 9.10. The molecular weight excluding hydrogens is 488 g/mol. The summed E-state index contributed by atoms with van der Waals surface area (Å²) in [6.07, 6.45) is 3.86. The molecule has 4 heterocycles. The van der Waals surface area contributed by atoms with Gasteiger partial charge in [-0.05, 0) is 60.0 Å². The zero-order valence-electron chi connectivity index (χ0n) is 20.2. The zero-order valence-corrected chi connectivity index (χ0v) is 20.2. The van der Waals surface area contributed by atoms with Crippen molar-refractivity contribution < 1.29 is 24.5 Å². The lowest BCUT2D eigenvalue weighted by atomic mass is 9.89. The van der Waals surface area contributed by atoms with Gasteiger partial charge in [-0.3, -0.25) is 14.0 Å². The van der Waals surface area contributed by atoms with Gasteiger partial charge >= 0.3 is 0 Å². The summed E-state index contributed by atoms with van der Waals surface area (Å²) < 4.78 is 12.3. The Bertz CT molecular complexity index is 1740. The van der Waals surface area contributed by atoms with E-state index in [1.807, 2.05) is 6.20 Å². The van der Waals surface area contributed by atoms with Crippen LogP contribution in [0.5, 0.6) is 23.1 Å². The summed E-state index contributed by atoms with van der Waals surface area (Å²) in [4.78, 5) is 34.0. The van der Waals surface area contributed by atoms with Gasteiger partial charge in [-0.25, -0.2) is 0 Å². The Morgan fingerprint density at radius 3 is 2.87 bits per heavy atom. The molecule has 1 aliphatic rings. The monoisotopic (exact) mass is 512 g/mol. The van der Waals surface area contributed by atoms with Crippen molar-refractivity contribution in [3.8, 4) is 23.1 Å². The number of aromatic hydroxyl groups is 2. The molecule has 5 aromatic rings. The van der Waals surface area contributed by atoms with Gasteiger partial charge in [0, 0.05) is 42.2 Å². The van der Waals surface area contributed by atoms with Crippen LogP contribution < -0.4 is 20.3 Å². The normalized spacial score (nSPS) is 13.2. The first kappa shape index (κ1) is 23.4. The lowest BCUT2D eigenvalue weighted by Crippen LogP contribution is -2.30. The SMILES string of the molecule is O=C(CC(c1ccc2c(c1)OCO2)c1c(O)nc2ccccn2c1=O)NCCc1c[nH]c2ccc(O)cc12. The predicted octanol–water partition coefficient (Wildman–Crippen LogP) is 3.20. The van der Waals surface area contributed by atoms with E-state index in [-0.39, 0.29) is 30.4 Å². The summed E-state index contributed by atoms with van der Waals surface area (Å²) >= 11 is 0. The number of hydrogen-bond acceptors (Lipinski definition) is 7. The van der Waals surface area contributed by atoms with E-state index in [0.29, 0.717) is 35.7 Å². The van der Waals surface area contributed by atoms with Crippen molar-refractivity contribution in [2.24, 2.45) is 0 Å². The number of phenols is 1. The quantitative estimate of drug-likeness (QED) is 0.263. The van der Waals surface area contributed by atoms with Gasteiger partial charge in [0.05, 0.1) is 5.56 Å². The summed E-state index contributed by atoms with van der Waals surface area (Å²) in [5.74, 6) is -0.263. The highest BCUT2D eigenvalue weighted by atomic mass is 16.7. The number of nitrogens with zero attached hydrogens (tertiary/aromatic N) is 2. The van der Waals surface area contributed by atoms with Crippen molar-refractivity contribution in [3.63, 3.8) is 0 Å². The predicted molar refractivity (Wildman–Crippen MR) is 139 cm³/mol. The number of hydrogen-bond donors (Lipinski definition) is 4. The molecule has 0 bridgehead atoms. The Balaban J connectivity index is 1.28. The molecule has 0 fully saturated rings. The summed E-state index contributed by atoms with van der Waals surface area (Å²) in [6, 6.07) is 15.3. The van der Waals surface area contributed by atoms with Crippen LogP contribution in [0, 0.1) is 0 Å². The molecule has 0 aliphatic carbocycles. The maximum atomic E-state index is 13.5. The number of amides is 1. The number of fused-ring (bicyclic) bond motifs is 3. The molecule has 10 nitrogen and oxygen atoms in total. The lowest BCUT2D eigenvalue weighted by Gasteiger charge is -2.19. The molecule has 0 radical (unpaired) electrons. The Kier molecular flexibility index (Phi) is 5.83. The van der Waals surface area contributed by atoms with Crippen LogP contribution >= 0.6 is 0 Å². The maximum absolute atomic E-state index is 13.5. The molecule has 10 heteroatoms. The minimum Gasteiger partial charge on any atom is -0.508 e. The first-order valence-electron chi connectivity index (χ1n) is 12.1. The molecule has 0 spiro atoms. The third-order valence-corrected chi connectivity index (χ3v) is 6.75. The van der Waals surface area contributed by atoms with Crippen LogP contribution in [-0.2, 0) is 11.2 Å². The Hall–Kier alpha value is -4.99. The fraction of sp³-hybridized carbons (Fsp3) is 0.179. The van der Waals surface area contributed by atoms with Gasteiger partial charge in [0.25, 0.3) is 5.56 Å². The van der Waals surface area contributed by atoms with Crippen molar-refractivity contribution in [2.45, 2.75) is 18.8 Å². The van der Waals surface area contributed by atoms with Gasteiger partial charge in [0.2, 0.25) is 18.6 Å². The summed E-state index contributed by atoms with van der Waals surface area (Å²) in [5.41, 5.74) is 2.33. The Morgan fingerprint density at radius 1 is 1.11 bits per heavy atom. The van der Waals surface area contributed by atoms with Gasteiger partial charge in [0.15, 0.2) is 11.5 Å². The van der Waals surface area contributed by atoms with Gasteiger partial charge in [0.1, 0.15) is 11.4 Å². The molecular formula is C28H24N4O6. The highest BCUT2D eigenvalue weighted by molar-refractivity contribution is 5.84. The van der Waals surface area contributed by atoms with Gasteiger partial charge in [-0.1, -0.05) is 12.1 Å². The number of H-pyrrole nitrogens is 1. The molecule has 6 rings (SSSR count). The molecule has 1 unspecified atom stereocenters. The third-order valence-electron chi connectivity index (χ3n) is 6.75. The topological polar surface area (TPSA) is 138 Å². The fourth-order valence-corrected chi connectivity index (χ4v) is 4.88. The van der Waals surface area contributed by atoms with Crippen LogP contribution in [-0.4, -0.2) is 43.8 Å². The molecule has 3 aromatic heterocycles. The van der Waals surface area contributed by atoms with Crippen LogP contribution in [0.4, 0.5) is 0 Å². The number of ether oxygens (including phenoxy) is 2. The van der Waals surface area contributed by atoms with Crippen molar-refractivity contribution in [1.82, 2.24) is 19.7 Å². The number of benzene rings is 2. The largest absolute Gasteiger partial charge is 0.508 e. The van der Waals surface area contributed by atoms with Crippen LogP contribution in [0.2, 0.25) is 0 Å². The van der Waals surface area contributed by atoms with Crippen LogP contribution in [0.1, 0.15) is 29.0 Å². The van der Waals surface area contributed by atoms with E-state index >= 15 is 0 Å². The fourth-order valence-electron chi connectivity index (χ4n) is 4.88. The van der Waals surface area contributed by atoms with Crippen LogP contribution in [0.25, 0.3) is 16.6 Å². The number of rotatable bonds is 7. The molecule has 2 aromatic carbocycles. The van der Waals surface area contributed by atoms with Gasteiger partial charge in [-0.15, -0.1) is 0 Å². The minimum absolute atomic E-state index is 0.0230. The molecule has 1 aliphatic heterocycles. The minimum atomic E-state index is -0.786. The van der Waals surface area contributed by atoms with Gasteiger partial charge in [-0.2, -0.15) is 4.98 Å². The van der Waals surface area contributed by atoms with Crippen LogP contribution in [0.15, 0.2) is 71.8 Å². The second-order valence-electron chi connectivity index (χ2n) is 9.10. The summed E-state index contributed by atoms with van der Waals surface area (Å²) in [5, 5.41) is 24.4. The molecule has 192 valence electrons. The third kappa shape index (κ3) is 4.26. The van der Waals surface area contributed by atoms with Crippen molar-refractivity contribution in [1.29, 1.82) is 0 Å². The second kappa shape index (κ2) is 9.47. The van der Waals surface area contributed by atoms with E-state index in [9.17, 15) is 19.8 Å². The first-order chi connectivity index (χ1) is 18.5. The number of aromatic nitrogens is 3. The van der Waals surface area contributed by atoms with E-state index in [4.69, 9.17) is 9.47 Å². The Morgan fingerprint density at radius 2 is 1.97 bits per heavy atom. The Labute approximate surface area is 216 Å². The lowest BCUT2D eigenvalue weighted by molar-refractivity contribution is -0.121. The van der Waals surface area contributed by atoms with Crippen molar-refractivity contribution in [2.75, 3.05) is 13.3 Å². The molecule has 1 amide bonds. The van der Waals surface area contributed by atoms with Crippen molar-refractivity contribution in [3.05, 3.63) is 94.0 Å². The maximum Gasteiger partial charge on any atom is 0.265 e. The van der Waals surface area contributed by atoms with E-state index in [0.717, 1.165) is 16.5 Å². The molecule has 0 saturated carbocycles. The molecule has 1 atom stereocenters. The average molecular weight is 513 g/mol. The number of nitrogens with one attached hydrogen (secondary N) is 2. The first-order valence-corrected chi connectivity index (χ1v) is 12.1. The van der Waals surface area contributed by atoms with Crippen molar-refractivity contribution >= 4 is 22.5 Å². The van der Waals surface area contributed by atoms with Crippen LogP contribution in [0.3, 0.4) is 0 Å².